The van der Waals surface area contributed by atoms with Crippen LogP contribution in [0.5, 0.6) is 0 Å². The maximum absolute atomic E-state index is 4.51. The second-order valence-electron chi connectivity index (χ2n) is 7.56. The Bertz CT molecular complexity index is 469. The second kappa shape index (κ2) is 7.61. The summed E-state index contributed by atoms with van der Waals surface area (Å²) < 4.78 is 0. The van der Waals surface area contributed by atoms with Crippen LogP contribution >= 0.6 is 0 Å². The van der Waals surface area contributed by atoms with E-state index in [1.807, 2.05) is 12.4 Å². The fourth-order valence-electron chi connectivity index (χ4n) is 4.06. The molecule has 1 aliphatic carbocycles. The largest absolute Gasteiger partial charge is 0.366 e. The van der Waals surface area contributed by atoms with Crippen molar-refractivity contribution >= 4 is 5.69 Å². The second-order valence-corrected chi connectivity index (χ2v) is 7.56. The first-order chi connectivity index (χ1) is 11.2. The van der Waals surface area contributed by atoms with E-state index >= 15 is 0 Å². The van der Waals surface area contributed by atoms with Gasteiger partial charge in [-0.2, -0.15) is 0 Å². The number of rotatable bonds is 4. The molecule has 1 saturated heterocycles. The third kappa shape index (κ3) is 4.03. The Morgan fingerprint density at radius 3 is 2.13 bits per heavy atom. The molecule has 4 nitrogen and oxygen atoms in total. The van der Waals surface area contributed by atoms with Gasteiger partial charge in [0, 0.05) is 38.1 Å². The monoisotopic (exact) mass is 316 g/mol. The van der Waals surface area contributed by atoms with Crippen molar-refractivity contribution in [3.8, 4) is 0 Å². The number of hydrogen-bond acceptors (Lipinski definition) is 4. The quantitative estimate of drug-likeness (QED) is 0.848. The summed E-state index contributed by atoms with van der Waals surface area (Å²) in [5, 5.41) is 0. The summed E-state index contributed by atoms with van der Waals surface area (Å²) in [7, 11) is 0. The molecule has 1 aromatic heterocycles. The lowest BCUT2D eigenvalue weighted by Gasteiger charge is -2.42. The highest BCUT2D eigenvalue weighted by Crippen LogP contribution is 2.30. The Balaban J connectivity index is 1.50. The van der Waals surface area contributed by atoms with Crippen LogP contribution in [-0.4, -0.2) is 47.1 Å². The molecule has 3 rings (SSSR count). The summed E-state index contributed by atoms with van der Waals surface area (Å²) in [6.07, 6.45) is 11.1. The highest BCUT2D eigenvalue weighted by Gasteiger charge is 2.27. The number of anilines is 1. The van der Waals surface area contributed by atoms with E-state index in [-0.39, 0.29) is 0 Å². The van der Waals surface area contributed by atoms with Crippen LogP contribution in [0.15, 0.2) is 12.4 Å². The highest BCUT2D eigenvalue weighted by atomic mass is 15.3. The van der Waals surface area contributed by atoms with E-state index in [2.05, 4.69) is 40.5 Å². The molecule has 0 N–H and O–H groups in total. The minimum Gasteiger partial charge on any atom is -0.366 e. The fourth-order valence-corrected chi connectivity index (χ4v) is 4.06. The Labute approximate surface area is 141 Å². The van der Waals surface area contributed by atoms with Crippen LogP contribution in [0, 0.1) is 5.92 Å². The van der Waals surface area contributed by atoms with E-state index < -0.39 is 0 Å². The molecule has 0 amide bonds. The summed E-state index contributed by atoms with van der Waals surface area (Å²) in [4.78, 5) is 14.2. The highest BCUT2D eigenvalue weighted by molar-refractivity contribution is 5.42. The average Bonchev–Trinajstić information content (AvgIpc) is 2.62. The number of aromatic nitrogens is 2. The van der Waals surface area contributed by atoms with Crippen molar-refractivity contribution in [2.24, 2.45) is 5.92 Å². The topological polar surface area (TPSA) is 32.3 Å². The maximum atomic E-state index is 4.51. The lowest BCUT2D eigenvalue weighted by molar-refractivity contribution is 0.128. The van der Waals surface area contributed by atoms with Crippen LogP contribution < -0.4 is 4.90 Å². The van der Waals surface area contributed by atoms with Crippen LogP contribution in [0.1, 0.15) is 64.6 Å². The van der Waals surface area contributed by atoms with Crippen molar-refractivity contribution in [1.29, 1.82) is 0 Å². The van der Waals surface area contributed by atoms with E-state index in [1.54, 1.807) is 0 Å². The van der Waals surface area contributed by atoms with Gasteiger partial charge in [-0.15, -0.1) is 0 Å². The first-order valence-electron chi connectivity index (χ1n) is 9.48. The summed E-state index contributed by atoms with van der Waals surface area (Å²) in [6, 6.07) is 0.833. The van der Waals surface area contributed by atoms with Gasteiger partial charge in [0.1, 0.15) is 5.82 Å². The molecule has 4 heteroatoms. The molecule has 2 heterocycles. The maximum Gasteiger partial charge on any atom is 0.130 e. The van der Waals surface area contributed by atoms with Crippen LogP contribution in [0.25, 0.3) is 0 Å². The van der Waals surface area contributed by atoms with Gasteiger partial charge in [-0.05, 0) is 31.6 Å². The molecule has 2 aliphatic rings. The van der Waals surface area contributed by atoms with Gasteiger partial charge in [0.25, 0.3) is 0 Å². The molecule has 1 aliphatic heterocycles. The summed E-state index contributed by atoms with van der Waals surface area (Å²) in [6.45, 7) is 11.2. The molecular formula is C19H32N4. The van der Waals surface area contributed by atoms with Gasteiger partial charge in [0.05, 0.1) is 18.1 Å². The van der Waals surface area contributed by atoms with Crippen molar-refractivity contribution in [1.82, 2.24) is 14.9 Å². The zero-order valence-corrected chi connectivity index (χ0v) is 15.0. The standard InChI is InChI=1S/C19H32N4/c1-4-16-5-7-17(8-6-16)22-9-11-23(12-10-22)18-13-20-19(15(2)3)21-14-18/h13-17H,4-12H2,1-3H3. The van der Waals surface area contributed by atoms with Gasteiger partial charge in [-0.3, -0.25) is 4.90 Å². The molecule has 0 bridgehead atoms. The van der Waals surface area contributed by atoms with Crippen molar-refractivity contribution in [2.45, 2.75) is 64.8 Å². The number of hydrogen-bond donors (Lipinski definition) is 0. The van der Waals surface area contributed by atoms with E-state index in [4.69, 9.17) is 0 Å². The SMILES string of the molecule is CCC1CCC(N2CCN(c3cnc(C(C)C)nc3)CC2)CC1. The molecule has 23 heavy (non-hydrogen) atoms. The van der Waals surface area contributed by atoms with Gasteiger partial charge in [0.15, 0.2) is 0 Å². The Morgan fingerprint density at radius 1 is 1.00 bits per heavy atom. The predicted octanol–water partition coefficient (Wildman–Crippen LogP) is 3.69. The predicted molar refractivity (Wildman–Crippen MR) is 95.9 cm³/mol. The Morgan fingerprint density at radius 2 is 1.61 bits per heavy atom. The molecule has 0 unspecified atom stereocenters. The molecule has 0 radical (unpaired) electrons. The smallest absolute Gasteiger partial charge is 0.130 e. The first kappa shape index (κ1) is 16.7. The van der Waals surface area contributed by atoms with Crippen LogP contribution in [0.2, 0.25) is 0 Å². The van der Waals surface area contributed by atoms with Gasteiger partial charge >= 0.3 is 0 Å². The number of piperazine rings is 1. The van der Waals surface area contributed by atoms with Crippen LogP contribution in [-0.2, 0) is 0 Å². The Kier molecular flexibility index (Phi) is 5.52. The molecule has 2 fully saturated rings. The van der Waals surface area contributed by atoms with E-state index in [0.29, 0.717) is 5.92 Å². The molecule has 0 aromatic carbocycles. The van der Waals surface area contributed by atoms with Crippen molar-refractivity contribution in [3.63, 3.8) is 0 Å². The van der Waals surface area contributed by atoms with E-state index in [0.717, 1.165) is 30.9 Å². The van der Waals surface area contributed by atoms with E-state index in [1.165, 1.54) is 50.9 Å². The van der Waals surface area contributed by atoms with Crippen LogP contribution in [0.4, 0.5) is 5.69 Å². The summed E-state index contributed by atoms with van der Waals surface area (Å²) in [5.41, 5.74) is 1.18. The van der Waals surface area contributed by atoms with Gasteiger partial charge < -0.3 is 4.90 Å². The Hall–Kier alpha value is -1.16. The van der Waals surface area contributed by atoms with Crippen LogP contribution in [0.3, 0.4) is 0 Å². The third-order valence-corrected chi connectivity index (χ3v) is 5.76. The molecule has 0 atom stereocenters. The molecule has 1 aromatic rings. The lowest BCUT2D eigenvalue weighted by atomic mass is 9.84. The van der Waals surface area contributed by atoms with Crippen molar-refractivity contribution in [3.05, 3.63) is 18.2 Å². The van der Waals surface area contributed by atoms with Crippen molar-refractivity contribution < 1.29 is 0 Å². The summed E-state index contributed by atoms with van der Waals surface area (Å²) in [5.74, 6) is 2.34. The first-order valence-corrected chi connectivity index (χ1v) is 9.48. The molecule has 0 spiro atoms. The zero-order chi connectivity index (χ0) is 16.2. The molecule has 128 valence electrons. The summed E-state index contributed by atoms with van der Waals surface area (Å²) >= 11 is 0. The average molecular weight is 316 g/mol. The minimum atomic E-state index is 0.402. The zero-order valence-electron chi connectivity index (χ0n) is 15.0. The normalized spacial score (nSPS) is 26.7. The molecular weight excluding hydrogens is 284 g/mol. The van der Waals surface area contributed by atoms with Gasteiger partial charge in [-0.25, -0.2) is 9.97 Å². The van der Waals surface area contributed by atoms with Gasteiger partial charge in [-0.1, -0.05) is 27.2 Å². The van der Waals surface area contributed by atoms with Crippen molar-refractivity contribution in [2.75, 3.05) is 31.1 Å². The van der Waals surface area contributed by atoms with Gasteiger partial charge in [0.2, 0.25) is 0 Å². The fraction of sp³-hybridized carbons (Fsp3) is 0.789. The third-order valence-electron chi connectivity index (χ3n) is 5.76. The lowest BCUT2D eigenvalue weighted by Crippen LogP contribution is -2.51. The number of nitrogens with zero attached hydrogens (tertiary/aromatic N) is 4. The molecule has 1 saturated carbocycles. The minimum absolute atomic E-state index is 0.402. The van der Waals surface area contributed by atoms with E-state index in [9.17, 15) is 0 Å².